The third kappa shape index (κ3) is 5.64. The molecular formula is C12H17Cl2FSSi. The number of rotatable bonds is 5. The van der Waals surface area contributed by atoms with Crippen molar-refractivity contribution < 1.29 is 4.39 Å². The number of benzene rings is 1. The Bertz CT molecular complexity index is 391. The van der Waals surface area contributed by atoms with E-state index >= 15 is 0 Å². The minimum absolute atomic E-state index is 0.110. The van der Waals surface area contributed by atoms with Crippen LogP contribution in [-0.2, 0) is 5.75 Å². The molecule has 0 bridgehead atoms. The Kier molecular flexibility index (Phi) is 5.83. The molecule has 0 radical (unpaired) electrons. The summed E-state index contributed by atoms with van der Waals surface area (Å²) in [5.41, 5.74) is 0.600. The van der Waals surface area contributed by atoms with E-state index < -0.39 is 8.07 Å². The molecule has 1 aromatic rings. The summed E-state index contributed by atoms with van der Waals surface area (Å²) in [7, 11) is -0.998. The summed E-state index contributed by atoms with van der Waals surface area (Å²) in [4.78, 5) is 0. The molecule has 0 spiro atoms. The number of hydrogen-bond acceptors (Lipinski definition) is 1. The lowest BCUT2D eigenvalue weighted by atomic mass is 10.2. The fourth-order valence-corrected chi connectivity index (χ4v) is 5.41. The molecule has 0 aliphatic heterocycles. The summed E-state index contributed by atoms with van der Waals surface area (Å²) < 4.78 is 13.6. The Morgan fingerprint density at radius 2 is 1.88 bits per heavy atom. The molecule has 1 rings (SSSR count). The summed E-state index contributed by atoms with van der Waals surface area (Å²) in [6.45, 7) is 7.01. The zero-order valence-corrected chi connectivity index (χ0v) is 13.6. The van der Waals surface area contributed by atoms with Gasteiger partial charge in [0.25, 0.3) is 0 Å². The summed E-state index contributed by atoms with van der Waals surface area (Å²) in [6.07, 6.45) is 0. The summed E-state index contributed by atoms with van der Waals surface area (Å²) in [5.74, 6) is 1.37. The van der Waals surface area contributed by atoms with Crippen molar-refractivity contribution in [3.8, 4) is 0 Å². The van der Waals surface area contributed by atoms with Crippen molar-refractivity contribution in [3.05, 3.63) is 33.6 Å². The first-order chi connectivity index (χ1) is 7.79. The SMILES string of the molecule is C[Si](C)(C)CCSCc1cc(Cl)cc(Cl)c1F. The van der Waals surface area contributed by atoms with Gasteiger partial charge in [-0.3, -0.25) is 0 Å². The number of thioether (sulfide) groups is 1. The zero-order valence-electron chi connectivity index (χ0n) is 10.3. The molecule has 0 unspecified atom stereocenters. The molecule has 5 heteroatoms. The van der Waals surface area contributed by atoms with E-state index in [0.29, 0.717) is 16.3 Å². The van der Waals surface area contributed by atoms with E-state index in [2.05, 4.69) is 19.6 Å². The standard InChI is InChI=1S/C12H17Cl2FSSi/c1-17(2,3)5-4-16-8-9-6-10(13)7-11(14)12(9)15/h6-7H,4-5,8H2,1-3H3. The first-order valence-electron chi connectivity index (χ1n) is 5.51. The minimum Gasteiger partial charge on any atom is -0.205 e. The van der Waals surface area contributed by atoms with Crippen LogP contribution in [0.25, 0.3) is 0 Å². The maximum absolute atomic E-state index is 13.6. The van der Waals surface area contributed by atoms with E-state index in [-0.39, 0.29) is 10.8 Å². The van der Waals surface area contributed by atoms with E-state index in [0.717, 1.165) is 5.75 Å². The molecule has 0 saturated carbocycles. The van der Waals surface area contributed by atoms with Gasteiger partial charge in [-0.25, -0.2) is 4.39 Å². The largest absolute Gasteiger partial charge is 0.205 e. The molecule has 0 fully saturated rings. The van der Waals surface area contributed by atoms with Gasteiger partial charge < -0.3 is 0 Å². The highest BCUT2D eigenvalue weighted by molar-refractivity contribution is 7.98. The Morgan fingerprint density at radius 1 is 1.24 bits per heavy atom. The lowest BCUT2D eigenvalue weighted by Crippen LogP contribution is -2.19. The summed E-state index contributed by atoms with van der Waals surface area (Å²) >= 11 is 13.3. The highest BCUT2D eigenvalue weighted by atomic mass is 35.5. The lowest BCUT2D eigenvalue weighted by molar-refractivity contribution is 0.618. The predicted octanol–water partition coefficient (Wildman–Crippen LogP) is 5.70. The van der Waals surface area contributed by atoms with Gasteiger partial charge in [-0.2, -0.15) is 11.8 Å². The molecule has 0 aliphatic rings. The Morgan fingerprint density at radius 3 is 2.47 bits per heavy atom. The van der Waals surface area contributed by atoms with Crippen molar-refractivity contribution in [1.82, 2.24) is 0 Å². The molecule has 0 aliphatic carbocycles. The van der Waals surface area contributed by atoms with Gasteiger partial charge in [-0.15, -0.1) is 0 Å². The first-order valence-corrected chi connectivity index (χ1v) is 11.1. The highest BCUT2D eigenvalue weighted by Crippen LogP contribution is 2.27. The van der Waals surface area contributed by atoms with Crippen LogP contribution in [-0.4, -0.2) is 13.8 Å². The van der Waals surface area contributed by atoms with Crippen LogP contribution in [0.5, 0.6) is 0 Å². The van der Waals surface area contributed by atoms with Crippen molar-refractivity contribution >= 4 is 43.0 Å². The summed E-state index contributed by atoms with van der Waals surface area (Å²) in [5, 5.41) is 0.607. The van der Waals surface area contributed by atoms with Gasteiger partial charge in [-0.05, 0) is 23.9 Å². The van der Waals surface area contributed by atoms with Gasteiger partial charge in [0.1, 0.15) is 5.82 Å². The van der Waals surface area contributed by atoms with Crippen LogP contribution in [0.1, 0.15) is 5.56 Å². The molecule has 0 atom stereocenters. The molecule has 0 N–H and O–H groups in total. The average molecular weight is 311 g/mol. The van der Waals surface area contributed by atoms with Crippen LogP contribution in [0.4, 0.5) is 4.39 Å². The average Bonchev–Trinajstić information content (AvgIpc) is 2.18. The Balaban J connectivity index is 2.52. The minimum atomic E-state index is -0.998. The van der Waals surface area contributed by atoms with Crippen molar-refractivity contribution in [3.63, 3.8) is 0 Å². The molecular weight excluding hydrogens is 294 g/mol. The third-order valence-electron chi connectivity index (χ3n) is 2.32. The van der Waals surface area contributed by atoms with Gasteiger partial charge in [0, 0.05) is 24.4 Å². The number of hydrogen-bond donors (Lipinski definition) is 0. The van der Waals surface area contributed by atoms with Gasteiger partial charge in [0.2, 0.25) is 0 Å². The topological polar surface area (TPSA) is 0 Å². The van der Waals surface area contributed by atoms with Crippen molar-refractivity contribution in [2.24, 2.45) is 0 Å². The van der Waals surface area contributed by atoms with E-state index in [9.17, 15) is 4.39 Å². The maximum atomic E-state index is 13.6. The normalized spacial score (nSPS) is 11.9. The van der Waals surface area contributed by atoms with Crippen molar-refractivity contribution in [1.29, 1.82) is 0 Å². The first kappa shape index (κ1) is 15.4. The Labute approximate surface area is 118 Å². The van der Waals surface area contributed by atoms with E-state index in [1.165, 1.54) is 12.1 Å². The van der Waals surface area contributed by atoms with Gasteiger partial charge >= 0.3 is 0 Å². The zero-order chi connectivity index (χ0) is 13.1. The predicted molar refractivity (Wildman–Crippen MR) is 80.7 cm³/mol. The monoisotopic (exact) mass is 310 g/mol. The molecule has 96 valence electrons. The van der Waals surface area contributed by atoms with Gasteiger partial charge in [-0.1, -0.05) is 42.8 Å². The van der Waals surface area contributed by atoms with Crippen LogP contribution in [0, 0.1) is 5.82 Å². The molecule has 0 heterocycles. The third-order valence-corrected chi connectivity index (χ3v) is 5.94. The van der Waals surface area contributed by atoms with E-state index in [1.54, 1.807) is 17.8 Å². The van der Waals surface area contributed by atoms with Crippen molar-refractivity contribution in [2.75, 3.05) is 5.75 Å². The smallest absolute Gasteiger partial charge is 0.145 e. The van der Waals surface area contributed by atoms with Crippen LogP contribution < -0.4 is 0 Å². The van der Waals surface area contributed by atoms with Crippen molar-refractivity contribution in [2.45, 2.75) is 31.4 Å². The van der Waals surface area contributed by atoms with Crippen LogP contribution in [0.3, 0.4) is 0 Å². The fraction of sp³-hybridized carbons (Fsp3) is 0.500. The van der Waals surface area contributed by atoms with Crippen LogP contribution >= 0.6 is 35.0 Å². The van der Waals surface area contributed by atoms with E-state index in [1.807, 2.05) is 0 Å². The second-order valence-corrected chi connectivity index (χ2v) is 12.8. The fourth-order valence-electron chi connectivity index (χ4n) is 1.27. The lowest BCUT2D eigenvalue weighted by Gasteiger charge is -2.15. The second-order valence-electron chi connectivity index (χ2n) is 5.22. The van der Waals surface area contributed by atoms with E-state index in [4.69, 9.17) is 23.2 Å². The molecule has 17 heavy (non-hydrogen) atoms. The molecule has 0 nitrogen and oxygen atoms in total. The molecule has 0 saturated heterocycles. The maximum Gasteiger partial charge on any atom is 0.145 e. The quantitative estimate of drug-likeness (QED) is 0.381. The highest BCUT2D eigenvalue weighted by Gasteiger charge is 2.13. The molecule has 1 aromatic carbocycles. The molecule has 0 amide bonds. The molecule has 0 aromatic heterocycles. The van der Waals surface area contributed by atoms with Crippen LogP contribution in [0.2, 0.25) is 35.7 Å². The number of halogens is 3. The van der Waals surface area contributed by atoms with Gasteiger partial charge in [0.05, 0.1) is 5.02 Å². The Hall–Kier alpha value is 0.297. The van der Waals surface area contributed by atoms with Crippen LogP contribution in [0.15, 0.2) is 12.1 Å². The second kappa shape index (κ2) is 6.46. The van der Waals surface area contributed by atoms with Gasteiger partial charge in [0.15, 0.2) is 0 Å². The summed E-state index contributed by atoms with van der Waals surface area (Å²) in [6, 6.07) is 4.34.